The molecular formula is C28H24O16S6. The van der Waals surface area contributed by atoms with Gasteiger partial charge in [0.1, 0.15) is 37.6 Å². The van der Waals surface area contributed by atoms with E-state index in [1.165, 1.54) is 0 Å². The smallest absolute Gasteiger partial charge is 0.345 e. The number of rotatable bonds is 8. The van der Waals surface area contributed by atoms with Crippen LogP contribution in [0.25, 0.3) is 0 Å². The summed E-state index contributed by atoms with van der Waals surface area (Å²) in [7, 11) is 8.28. The first-order valence-electron chi connectivity index (χ1n) is 13.2. The van der Waals surface area contributed by atoms with Crippen molar-refractivity contribution in [1.82, 2.24) is 0 Å². The van der Waals surface area contributed by atoms with E-state index in [0.29, 0.717) is 70.6 Å². The highest BCUT2D eigenvalue weighted by Gasteiger charge is 2.66. The fourth-order valence-corrected chi connectivity index (χ4v) is 15.0. The van der Waals surface area contributed by atoms with E-state index < -0.39 is 76.9 Å². The molecule has 2 spiro atoms. The number of carbonyl (C=O) groups excluding carboxylic acids is 8. The lowest BCUT2D eigenvalue weighted by Crippen LogP contribution is -2.42. The molecule has 0 saturated heterocycles. The lowest BCUT2D eigenvalue weighted by Gasteiger charge is -2.45. The maximum absolute atomic E-state index is 13.8. The van der Waals surface area contributed by atoms with Gasteiger partial charge in [-0.15, -0.1) is 0 Å². The Morgan fingerprint density at radius 3 is 0.740 bits per heavy atom. The molecular weight excluding hydrogens is 785 g/mol. The second-order valence-corrected chi connectivity index (χ2v) is 16.6. The van der Waals surface area contributed by atoms with Crippen LogP contribution in [0.4, 0.5) is 0 Å². The van der Waals surface area contributed by atoms with Gasteiger partial charge in [0.05, 0.1) is 68.0 Å². The van der Waals surface area contributed by atoms with E-state index in [4.69, 9.17) is 37.9 Å². The Kier molecular flexibility index (Phi) is 12.1. The van der Waals surface area contributed by atoms with Gasteiger partial charge in [-0.3, -0.25) is 0 Å². The van der Waals surface area contributed by atoms with Crippen LogP contribution in [-0.2, 0) is 76.3 Å². The Balaban J connectivity index is 2.23. The summed E-state index contributed by atoms with van der Waals surface area (Å²) < 4.78 is 35.9. The molecule has 0 atom stereocenters. The van der Waals surface area contributed by atoms with Gasteiger partial charge in [0.15, 0.2) is 0 Å². The van der Waals surface area contributed by atoms with Gasteiger partial charge in [0.2, 0.25) is 0 Å². The minimum atomic E-state index is -2.05. The first-order chi connectivity index (χ1) is 23.7. The quantitative estimate of drug-likeness (QED) is 0.254. The number of carbonyl (C=O) groups is 8. The molecule has 0 amide bonds. The lowest BCUT2D eigenvalue weighted by atomic mass is 10.0. The second-order valence-electron chi connectivity index (χ2n) is 9.16. The summed E-state index contributed by atoms with van der Waals surface area (Å²) in [6, 6.07) is 0. The third-order valence-electron chi connectivity index (χ3n) is 6.72. The average Bonchev–Trinajstić information content (AvgIpc) is 3.73. The summed E-state index contributed by atoms with van der Waals surface area (Å²) >= 11 is 3.57. The van der Waals surface area contributed by atoms with Gasteiger partial charge >= 0.3 is 47.8 Å². The van der Waals surface area contributed by atoms with Gasteiger partial charge < -0.3 is 37.9 Å². The molecule has 0 saturated carbocycles. The zero-order valence-electron chi connectivity index (χ0n) is 27.0. The summed E-state index contributed by atoms with van der Waals surface area (Å²) in [5, 5.41) is 0. The largest absolute Gasteiger partial charge is 0.466 e. The van der Waals surface area contributed by atoms with Crippen LogP contribution in [0, 0.1) is 0 Å². The molecule has 16 nitrogen and oxygen atoms in total. The van der Waals surface area contributed by atoms with Gasteiger partial charge in [-0.05, 0) is 0 Å². The zero-order valence-corrected chi connectivity index (χ0v) is 31.9. The molecule has 4 heterocycles. The molecule has 4 aliphatic heterocycles. The fourth-order valence-electron chi connectivity index (χ4n) is 4.59. The van der Waals surface area contributed by atoms with E-state index >= 15 is 0 Å². The topological polar surface area (TPSA) is 210 Å². The first-order valence-corrected chi connectivity index (χ1v) is 18.1. The molecule has 0 aromatic carbocycles. The van der Waals surface area contributed by atoms with Crippen molar-refractivity contribution < 1.29 is 76.3 Å². The first kappa shape index (κ1) is 39.3. The maximum Gasteiger partial charge on any atom is 0.345 e. The zero-order chi connectivity index (χ0) is 37.3. The van der Waals surface area contributed by atoms with E-state index in [2.05, 4.69) is 0 Å². The van der Waals surface area contributed by atoms with E-state index in [1.54, 1.807) is 0 Å². The molecule has 0 aromatic rings. The SMILES string of the molecule is COC(=O)C1=C(C(=O)OC)SC2(S1)C1=C(SC(C(=O)OC)=C2C(=O)OC)C2(SC(C(=O)OC)=C(C(=O)OC)S2)C(C(=O)OC)=C(C(=O)OC)S1. The molecule has 4 aliphatic rings. The Labute approximate surface area is 308 Å². The Morgan fingerprint density at radius 1 is 0.340 bits per heavy atom. The molecule has 0 fully saturated rings. The highest BCUT2D eigenvalue weighted by atomic mass is 32.2. The van der Waals surface area contributed by atoms with Crippen LogP contribution in [0.5, 0.6) is 0 Å². The summed E-state index contributed by atoms with van der Waals surface area (Å²) in [4.78, 5) is 105. The van der Waals surface area contributed by atoms with Crippen LogP contribution < -0.4 is 0 Å². The molecule has 0 bridgehead atoms. The summed E-state index contributed by atoms with van der Waals surface area (Å²) in [5.41, 5.74) is -0.858. The predicted molar refractivity (Wildman–Crippen MR) is 182 cm³/mol. The van der Waals surface area contributed by atoms with Crippen molar-refractivity contribution in [2.24, 2.45) is 0 Å². The number of ether oxygens (including phenoxy) is 8. The van der Waals surface area contributed by atoms with Gasteiger partial charge in [0.25, 0.3) is 0 Å². The molecule has 4 rings (SSSR count). The van der Waals surface area contributed by atoms with Crippen molar-refractivity contribution in [3.63, 3.8) is 0 Å². The highest BCUT2D eigenvalue weighted by molar-refractivity contribution is 8.30. The van der Waals surface area contributed by atoms with Crippen LogP contribution >= 0.6 is 70.6 Å². The highest BCUT2D eigenvalue weighted by Crippen LogP contribution is 2.76. The lowest BCUT2D eigenvalue weighted by molar-refractivity contribution is -0.139. The molecule has 0 unspecified atom stereocenters. The van der Waals surface area contributed by atoms with Crippen LogP contribution in [0.1, 0.15) is 0 Å². The van der Waals surface area contributed by atoms with Gasteiger partial charge in [-0.2, -0.15) is 0 Å². The molecule has 50 heavy (non-hydrogen) atoms. The van der Waals surface area contributed by atoms with Crippen LogP contribution in [-0.4, -0.2) is 113 Å². The van der Waals surface area contributed by atoms with Crippen LogP contribution in [0.15, 0.2) is 50.4 Å². The van der Waals surface area contributed by atoms with Crippen LogP contribution in [0.2, 0.25) is 0 Å². The number of hydrogen-bond acceptors (Lipinski definition) is 22. The third kappa shape index (κ3) is 6.22. The van der Waals surface area contributed by atoms with E-state index in [-0.39, 0.29) is 29.4 Å². The maximum atomic E-state index is 13.8. The van der Waals surface area contributed by atoms with Crippen LogP contribution in [0.3, 0.4) is 0 Å². The van der Waals surface area contributed by atoms with Crippen molar-refractivity contribution in [2.45, 2.75) is 8.16 Å². The summed E-state index contributed by atoms with van der Waals surface area (Å²) in [6.45, 7) is 0. The standard InChI is InChI=1S/C28H24O16S6/c1-37-19(29)9-11(21(31)39-3)45-18-17(27(9)47-13(23(33)41-5)14(48-27)24(34)42-6)46-12(22(32)40-4)10(20(30)38-2)28(18)49-15(25(35)43-7)16(50-28)26(36)44-8/h1-8H3. The van der Waals surface area contributed by atoms with E-state index in [1.807, 2.05) is 0 Å². The monoisotopic (exact) mass is 808 g/mol. The summed E-state index contributed by atoms with van der Waals surface area (Å²) in [5.74, 6) is -8.47. The van der Waals surface area contributed by atoms with Gasteiger partial charge in [0, 0.05) is 9.81 Å². The Hall–Kier alpha value is -3.44. The molecule has 0 aliphatic carbocycles. The fraction of sp³-hybridized carbons (Fsp3) is 0.357. The molecule has 22 heteroatoms. The van der Waals surface area contributed by atoms with Crippen molar-refractivity contribution in [3.8, 4) is 0 Å². The van der Waals surface area contributed by atoms with Crippen molar-refractivity contribution in [2.75, 3.05) is 56.9 Å². The molecule has 0 radical (unpaired) electrons. The van der Waals surface area contributed by atoms with Crippen molar-refractivity contribution in [3.05, 3.63) is 50.4 Å². The van der Waals surface area contributed by atoms with Crippen molar-refractivity contribution in [1.29, 1.82) is 0 Å². The molecule has 0 N–H and O–H groups in total. The van der Waals surface area contributed by atoms with E-state index in [9.17, 15) is 38.4 Å². The Bertz CT molecular complexity index is 1620. The van der Waals surface area contributed by atoms with E-state index in [0.717, 1.165) is 56.9 Å². The minimum absolute atomic E-state index is 0.0192. The summed E-state index contributed by atoms with van der Waals surface area (Å²) in [6.07, 6.45) is 0. The minimum Gasteiger partial charge on any atom is -0.466 e. The van der Waals surface area contributed by atoms with Gasteiger partial charge in [-0.25, -0.2) is 38.4 Å². The predicted octanol–water partition coefficient (Wildman–Crippen LogP) is 2.36. The number of esters is 8. The number of fused-ring (bicyclic) bond motifs is 2. The average molecular weight is 809 g/mol. The number of hydrogen-bond donors (Lipinski definition) is 0. The number of methoxy groups -OCH3 is 8. The van der Waals surface area contributed by atoms with Crippen molar-refractivity contribution >= 4 is 118 Å². The third-order valence-corrected chi connectivity index (χ3v) is 16.3. The normalized spacial score (nSPS) is 18.9. The Morgan fingerprint density at radius 2 is 0.540 bits per heavy atom. The van der Waals surface area contributed by atoms with Gasteiger partial charge in [-0.1, -0.05) is 70.6 Å². The molecule has 268 valence electrons. The number of thioether (sulfide) groups is 6. The second kappa shape index (κ2) is 15.4. The molecule has 0 aromatic heterocycles.